The van der Waals surface area contributed by atoms with Crippen LogP contribution in [0.15, 0.2) is 42.5 Å². The lowest BCUT2D eigenvalue weighted by Crippen LogP contribution is -2.42. The molecular weight excluding hydrogens is 352 g/mol. The van der Waals surface area contributed by atoms with Gasteiger partial charge in [-0.25, -0.2) is 0 Å². The number of benzene rings is 2. The Labute approximate surface area is 157 Å². The van der Waals surface area contributed by atoms with Crippen LogP contribution >= 0.6 is 11.6 Å². The number of para-hydroxylation sites is 1. The molecule has 134 valence electrons. The van der Waals surface area contributed by atoms with Crippen LogP contribution in [-0.4, -0.2) is 31.0 Å². The molecule has 0 bridgehead atoms. The molecule has 0 N–H and O–H groups in total. The van der Waals surface area contributed by atoms with Gasteiger partial charge in [-0.2, -0.15) is 0 Å². The summed E-state index contributed by atoms with van der Waals surface area (Å²) in [7, 11) is 0. The maximum atomic E-state index is 12.9. The summed E-state index contributed by atoms with van der Waals surface area (Å²) in [6, 6.07) is 13.3. The summed E-state index contributed by atoms with van der Waals surface area (Å²) in [5.74, 6) is 0.448. The smallest absolute Gasteiger partial charge is 0.265 e. The fraction of sp³-hybridized carbons (Fsp3) is 0.300. The lowest BCUT2D eigenvalue weighted by Gasteiger charge is -2.30. The van der Waals surface area contributed by atoms with E-state index in [4.69, 9.17) is 16.3 Å². The average molecular weight is 371 g/mol. The van der Waals surface area contributed by atoms with Crippen LogP contribution in [0, 0.1) is 0 Å². The monoisotopic (exact) mass is 370 g/mol. The van der Waals surface area contributed by atoms with Gasteiger partial charge in [-0.3, -0.25) is 9.59 Å². The number of amides is 2. The molecule has 5 nitrogen and oxygen atoms in total. The summed E-state index contributed by atoms with van der Waals surface area (Å²) in [5.41, 5.74) is 2.83. The number of nitrogens with zero attached hydrogens (tertiary/aromatic N) is 2. The number of hydrogen-bond donors (Lipinski definition) is 0. The minimum atomic E-state index is -0.150. The number of carbonyl (C=O) groups excluding carboxylic acids is 2. The van der Waals surface area contributed by atoms with Gasteiger partial charge in [0.15, 0.2) is 6.61 Å². The van der Waals surface area contributed by atoms with Crippen molar-refractivity contribution in [1.82, 2.24) is 0 Å². The third-order valence-corrected chi connectivity index (χ3v) is 5.13. The summed E-state index contributed by atoms with van der Waals surface area (Å²) < 4.78 is 5.45. The third-order valence-electron chi connectivity index (χ3n) is 4.89. The molecule has 0 saturated heterocycles. The fourth-order valence-corrected chi connectivity index (χ4v) is 3.86. The van der Waals surface area contributed by atoms with Crippen LogP contribution in [0.4, 0.5) is 11.4 Å². The van der Waals surface area contributed by atoms with E-state index in [-0.39, 0.29) is 30.9 Å². The molecular formula is C20H19ClN2O3. The Morgan fingerprint density at radius 2 is 2.04 bits per heavy atom. The van der Waals surface area contributed by atoms with E-state index in [1.807, 2.05) is 23.1 Å². The molecule has 2 heterocycles. The first kappa shape index (κ1) is 16.9. The molecule has 1 atom stereocenters. The standard InChI is InChI=1S/C20H19ClN2O3/c1-13-10-14-4-2-3-5-16(14)23(13)19(24)8-9-22-17-7-6-15(21)11-18(17)26-12-20(22)25/h2-7,11,13H,8-10,12H2,1H3/t13-/m0/s1. The van der Waals surface area contributed by atoms with E-state index in [1.165, 1.54) is 5.56 Å². The Morgan fingerprint density at radius 3 is 2.88 bits per heavy atom. The summed E-state index contributed by atoms with van der Waals surface area (Å²) in [4.78, 5) is 28.6. The maximum absolute atomic E-state index is 12.9. The van der Waals surface area contributed by atoms with Gasteiger partial charge in [0.2, 0.25) is 5.91 Å². The maximum Gasteiger partial charge on any atom is 0.265 e. The van der Waals surface area contributed by atoms with Crippen molar-refractivity contribution in [3.8, 4) is 5.75 Å². The first-order valence-electron chi connectivity index (χ1n) is 8.67. The largest absolute Gasteiger partial charge is 0.482 e. The summed E-state index contributed by atoms with van der Waals surface area (Å²) in [6.45, 7) is 2.33. The molecule has 0 aromatic heterocycles. The predicted molar refractivity (Wildman–Crippen MR) is 101 cm³/mol. The highest BCUT2D eigenvalue weighted by Crippen LogP contribution is 2.35. The van der Waals surface area contributed by atoms with E-state index < -0.39 is 0 Å². The van der Waals surface area contributed by atoms with Crippen molar-refractivity contribution in [3.05, 3.63) is 53.1 Å². The number of carbonyl (C=O) groups is 2. The van der Waals surface area contributed by atoms with Crippen LogP contribution in [0.25, 0.3) is 0 Å². The highest BCUT2D eigenvalue weighted by atomic mass is 35.5. The van der Waals surface area contributed by atoms with Gasteiger partial charge in [-0.15, -0.1) is 0 Å². The molecule has 0 aliphatic carbocycles. The normalized spacial score (nSPS) is 18.4. The average Bonchev–Trinajstić information content (AvgIpc) is 2.96. The molecule has 2 aromatic carbocycles. The first-order chi connectivity index (χ1) is 12.5. The Morgan fingerprint density at radius 1 is 1.23 bits per heavy atom. The second-order valence-electron chi connectivity index (χ2n) is 6.64. The molecule has 0 radical (unpaired) electrons. The van der Waals surface area contributed by atoms with E-state index in [0.29, 0.717) is 23.0 Å². The molecule has 4 rings (SSSR count). The number of hydrogen-bond acceptors (Lipinski definition) is 3. The molecule has 2 aromatic rings. The zero-order valence-corrected chi connectivity index (χ0v) is 15.2. The SMILES string of the molecule is C[C@H]1Cc2ccccc2N1C(=O)CCN1C(=O)COc2cc(Cl)ccc21. The lowest BCUT2D eigenvalue weighted by molar-refractivity contribution is -0.121. The van der Waals surface area contributed by atoms with Crippen LogP contribution in [0.2, 0.25) is 5.02 Å². The highest BCUT2D eigenvalue weighted by molar-refractivity contribution is 6.30. The quantitative estimate of drug-likeness (QED) is 0.831. The number of ether oxygens (including phenoxy) is 1. The number of fused-ring (bicyclic) bond motifs is 2. The van der Waals surface area contributed by atoms with E-state index in [0.717, 1.165) is 12.1 Å². The van der Waals surface area contributed by atoms with Crippen molar-refractivity contribution in [1.29, 1.82) is 0 Å². The van der Waals surface area contributed by atoms with Crippen LogP contribution < -0.4 is 14.5 Å². The predicted octanol–water partition coefficient (Wildman–Crippen LogP) is 3.43. The second kappa shape index (κ2) is 6.65. The fourth-order valence-electron chi connectivity index (χ4n) is 3.70. The van der Waals surface area contributed by atoms with Gasteiger partial charge in [0.1, 0.15) is 5.75 Å². The van der Waals surface area contributed by atoms with E-state index in [2.05, 4.69) is 13.0 Å². The first-order valence-corrected chi connectivity index (χ1v) is 9.05. The van der Waals surface area contributed by atoms with Crippen LogP contribution in [0.5, 0.6) is 5.75 Å². The van der Waals surface area contributed by atoms with E-state index in [9.17, 15) is 9.59 Å². The van der Waals surface area contributed by atoms with Crippen LogP contribution in [0.3, 0.4) is 0 Å². The second-order valence-corrected chi connectivity index (χ2v) is 7.08. The Kier molecular flexibility index (Phi) is 4.32. The van der Waals surface area contributed by atoms with Crippen LogP contribution in [0.1, 0.15) is 18.9 Å². The molecule has 0 saturated carbocycles. The number of anilines is 2. The van der Waals surface area contributed by atoms with Crippen molar-refractivity contribution in [2.45, 2.75) is 25.8 Å². The minimum absolute atomic E-state index is 0.0252. The number of halogens is 1. The molecule has 2 amide bonds. The van der Waals surface area contributed by atoms with Crippen molar-refractivity contribution in [2.75, 3.05) is 23.0 Å². The van der Waals surface area contributed by atoms with E-state index in [1.54, 1.807) is 23.1 Å². The molecule has 26 heavy (non-hydrogen) atoms. The van der Waals surface area contributed by atoms with Gasteiger partial charge < -0.3 is 14.5 Å². The van der Waals surface area contributed by atoms with Crippen molar-refractivity contribution >= 4 is 34.8 Å². The molecule has 0 fully saturated rings. The lowest BCUT2D eigenvalue weighted by atomic mass is 10.1. The molecule has 6 heteroatoms. The van der Waals surface area contributed by atoms with Gasteiger partial charge in [-0.1, -0.05) is 29.8 Å². The summed E-state index contributed by atoms with van der Waals surface area (Å²) in [6.07, 6.45) is 1.12. The molecule has 0 unspecified atom stereocenters. The Bertz CT molecular complexity index is 883. The van der Waals surface area contributed by atoms with Gasteiger partial charge in [0, 0.05) is 35.8 Å². The van der Waals surface area contributed by atoms with Gasteiger partial charge in [0.25, 0.3) is 5.91 Å². The van der Waals surface area contributed by atoms with Gasteiger partial charge in [-0.05, 0) is 37.1 Å². The van der Waals surface area contributed by atoms with Gasteiger partial charge in [0.05, 0.1) is 5.69 Å². The Balaban J connectivity index is 1.51. The van der Waals surface area contributed by atoms with Gasteiger partial charge >= 0.3 is 0 Å². The highest BCUT2D eigenvalue weighted by Gasteiger charge is 2.32. The number of rotatable bonds is 3. The summed E-state index contributed by atoms with van der Waals surface area (Å²) >= 11 is 5.99. The van der Waals surface area contributed by atoms with Crippen molar-refractivity contribution < 1.29 is 14.3 Å². The van der Waals surface area contributed by atoms with Crippen molar-refractivity contribution in [3.63, 3.8) is 0 Å². The molecule has 0 spiro atoms. The topological polar surface area (TPSA) is 49.9 Å². The minimum Gasteiger partial charge on any atom is -0.482 e. The van der Waals surface area contributed by atoms with Crippen LogP contribution in [-0.2, 0) is 16.0 Å². The Hall–Kier alpha value is -2.53. The summed E-state index contributed by atoms with van der Waals surface area (Å²) in [5, 5.41) is 0.552. The zero-order valence-electron chi connectivity index (χ0n) is 14.4. The molecule has 2 aliphatic rings. The molecule has 2 aliphatic heterocycles. The zero-order chi connectivity index (χ0) is 18.3. The van der Waals surface area contributed by atoms with Crippen molar-refractivity contribution in [2.24, 2.45) is 0 Å². The third kappa shape index (κ3) is 2.92. The van der Waals surface area contributed by atoms with E-state index >= 15 is 0 Å².